The molecular formula is C21H22F2N4O3S. The lowest BCUT2D eigenvalue weighted by Crippen LogP contribution is -2.30. The van der Waals surface area contributed by atoms with E-state index >= 15 is 0 Å². The Hall–Kier alpha value is -3.14. The van der Waals surface area contributed by atoms with Gasteiger partial charge in [-0.3, -0.25) is 14.9 Å². The standard InChI is InChI=1S/C21H22F2N4O3S/c1-10-14(16(28)26-18(24-10)21(3,4)5)17(29)27-20-25-15(11(2)31-20)12-6-8-13(9-7-12)30-19(22)23/h6-9,19H,1-5H3,(H,24,26,28)(H,25,27,29). The topological polar surface area (TPSA) is 97.0 Å². The molecule has 0 aliphatic carbocycles. The first-order chi connectivity index (χ1) is 14.5. The van der Waals surface area contributed by atoms with Crippen LogP contribution in [0.15, 0.2) is 29.1 Å². The second-order valence-corrected chi connectivity index (χ2v) is 9.11. The lowest BCUT2D eigenvalue weighted by atomic mass is 9.95. The Morgan fingerprint density at radius 1 is 1.16 bits per heavy atom. The molecule has 0 fully saturated rings. The van der Waals surface area contributed by atoms with E-state index in [1.54, 1.807) is 19.1 Å². The number of nitrogens with one attached hydrogen (secondary N) is 2. The molecule has 0 radical (unpaired) electrons. The summed E-state index contributed by atoms with van der Waals surface area (Å²) >= 11 is 1.24. The molecule has 0 saturated heterocycles. The molecule has 2 aromatic heterocycles. The predicted molar refractivity (Wildman–Crippen MR) is 115 cm³/mol. The number of aryl methyl sites for hydroxylation is 2. The van der Waals surface area contributed by atoms with E-state index in [0.29, 0.717) is 27.9 Å². The van der Waals surface area contributed by atoms with Gasteiger partial charge in [-0.05, 0) is 38.1 Å². The van der Waals surface area contributed by atoms with Crippen LogP contribution in [0.3, 0.4) is 0 Å². The van der Waals surface area contributed by atoms with Gasteiger partial charge in [0, 0.05) is 15.9 Å². The van der Waals surface area contributed by atoms with Crippen molar-refractivity contribution >= 4 is 22.4 Å². The van der Waals surface area contributed by atoms with Crippen molar-refractivity contribution in [3.63, 3.8) is 0 Å². The van der Waals surface area contributed by atoms with E-state index in [4.69, 9.17) is 0 Å². The monoisotopic (exact) mass is 448 g/mol. The summed E-state index contributed by atoms with van der Waals surface area (Å²) in [5.41, 5.74) is 0.649. The van der Waals surface area contributed by atoms with E-state index in [0.717, 1.165) is 4.88 Å². The number of H-pyrrole nitrogens is 1. The zero-order chi connectivity index (χ0) is 22.9. The molecule has 2 N–H and O–H groups in total. The summed E-state index contributed by atoms with van der Waals surface area (Å²) in [5.74, 6) is -0.0630. The van der Waals surface area contributed by atoms with Crippen LogP contribution in [0.2, 0.25) is 0 Å². The number of aromatic amines is 1. The van der Waals surface area contributed by atoms with Gasteiger partial charge in [-0.15, -0.1) is 11.3 Å². The molecule has 0 unspecified atom stereocenters. The lowest BCUT2D eigenvalue weighted by Gasteiger charge is -2.18. The number of anilines is 1. The molecule has 0 bridgehead atoms. The molecule has 164 valence electrons. The highest BCUT2D eigenvalue weighted by Crippen LogP contribution is 2.31. The number of rotatable bonds is 5. The number of nitrogens with zero attached hydrogens (tertiary/aromatic N) is 2. The Bertz CT molecular complexity index is 1160. The third kappa shape index (κ3) is 5.13. The number of amides is 1. The van der Waals surface area contributed by atoms with Crippen molar-refractivity contribution in [1.29, 1.82) is 0 Å². The molecule has 10 heteroatoms. The molecule has 1 amide bonds. The maximum Gasteiger partial charge on any atom is 0.387 e. The van der Waals surface area contributed by atoms with E-state index < -0.39 is 18.1 Å². The number of carbonyl (C=O) groups excluding carboxylic acids is 1. The fourth-order valence-electron chi connectivity index (χ4n) is 2.88. The maximum atomic E-state index is 12.7. The number of alkyl halides is 2. The van der Waals surface area contributed by atoms with E-state index in [1.807, 2.05) is 27.7 Å². The zero-order valence-corrected chi connectivity index (χ0v) is 18.5. The second-order valence-electron chi connectivity index (χ2n) is 7.91. The third-order valence-corrected chi connectivity index (χ3v) is 5.29. The summed E-state index contributed by atoms with van der Waals surface area (Å²) in [6.07, 6.45) is 0. The Balaban J connectivity index is 1.83. The van der Waals surface area contributed by atoms with Crippen molar-refractivity contribution in [3.05, 3.63) is 56.6 Å². The molecule has 7 nitrogen and oxygen atoms in total. The van der Waals surface area contributed by atoms with Gasteiger partial charge in [-0.25, -0.2) is 9.97 Å². The van der Waals surface area contributed by atoms with E-state index in [9.17, 15) is 18.4 Å². The quantitative estimate of drug-likeness (QED) is 0.592. The number of aromatic nitrogens is 3. The van der Waals surface area contributed by atoms with Crippen LogP contribution in [-0.2, 0) is 5.41 Å². The van der Waals surface area contributed by atoms with Crippen LogP contribution in [0.5, 0.6) is 5.75 Å². The van der Waals surface area contributed by atoms with Gasteiger partial charge >= 0.3 is 6.61 Å². The number of thiazole rings is 1. The van der Waals surface area contributed by atoms with Crippen LogP contribution < -0.4 is 15.6 Å². The van der Waals surface area contributed by atoms with Crippen LogP contribution >= 0.6 is 11.3 Å². The minimum Gasteiger partial charge on any atom is -0.435 e. The molecule has 0 spiro atoms. The number of hydrogen-bond acceptors (Lipinski definition) is 6. The SMILES string of the molecule is Cc1nc(C(C)(C)C)[nH]c(=O)c1C(=O)Nc1nc(-c2ccc(OC(F)F)cc2)c(C)s1. The van der Waals surface area contributed by atoms with Crippen molar-refractivity contribution in [2.24, 2.45) is 0 Å². The fourth-order valence-corrected chi connectivity index (χ4v) is 3.71. The first-order valence-corrected chi connectivity index (χ1v) is 10.2. The summed E-state index contributed by atoms with van der Waals surface area (Å²) in [6.45, 7) is 6.28. The normalized spacial score (nSPS) is 11.6. The van der Waals surface area contributed by atoms with Crippen molar-refractivity contribution in [1.82, 2.24) is 15.0 Å². The Morgan fingerprint density at radius 3 is 2.35 bits per heavy atom. The smallest absolute Gasteiger partial charge is 0.387 e. The summed E-state index contributed by atoms with van der Waals surface area (Å²) in [6, 6.07) is 6.05. The average Bonchev–Trinajstić information content (AvgIpc) is 3.00. The van der Waals surface area contributed by atoms with Crippen LogP contribution in [0.25, 0.3) is 11.3 Å². The molecule has 0 aliphatic rings. The van der Waals surface area contributed by atoms with Gasteiger partial charge in [-0.1, -0.05) is 20.8 Å². The lowest BCUT2D eigenvalue weighted by molar-refractivity contribution is -0.0498. The second kappa shape index (κ2) is 8.54. The maximum absolute atomic E-state index is 12.7. The summed E-state index contributed by atoms with van der Waals surface area (Å²) in [4.78, 5) is 37.5. The molecular weight excluding hydrogens is 426 g/mol. The van der Waals surface area contributed by atoms with Gasteiger partial charge in [-0.2, -0.15) is 8.78 Å². The summed E-state index contributed by atoms with van der Waals surface area (Å²) < 4.78 is 29.0. The Labute approximate surface area is 181 Å². The van der Waals surface area contributed by atoms with Crippen molar-refractivity contribution < 1.29 is 18.3 Å². The highest BCUT2D eigenvalue weighted by Gasteiger charge is 2.23. The van der Waals surface area contributed by atoms with Crippen LogP contribution in [0, 0.1) is 13.8 Å². The minimum absolute atomic E-state index is 0.0427. The van der Waals surface area contributed by atoms with E-state index in [1.165, 1.54) is 23.5 Å². The Kier molecular flexibility index (Phi) is 6.21. The van der Waals surface area contributed by atoms with Crippen LogP contribution in [-0.4, -0.2) is 27.5 Å². The first kappa shape index (κ1) is 22.5. The molecule has 0 atom stereocenters. The molecule has 31 heavy (non-hydrogen) atoms. The van der Waals surface area contributed by atoms with Crippen molar-refractivity contribution in [2.45, 2.75) is 46.6 Å². The van der Waals surface area contributed by atoms with Gasteiger partial charge in [0.25, 0.3) is 11.5 Å². The Morgan fingerprint density at radius 2 is 1.81 bits per heavy atom. The van der Waals surface area contributed by atoms with E-state index in [-0.39, 0.29) is 16.7 Å². The van der Waals surface area contributed by atoms with E-state index in [2.05, 4.69) is 25.0 Å². The van der Waals surface area contributed by atoms with Crippen molar-refractivity contribution in [2.75, 3.05) is 5.32 Å². The fraction of sp³-hybridized carbons (Fsp3) is 0.333. The van der Waals surface area contributed by atoms with Gasteiger partial charge in [0.1, 0.15) is 17.1 Å². The summed E-state index contributed by atoms with van der Waals surface area (Å²) in [7, 11) is 0. The zero-order valence-electron chi connectivity index (χ0n) is 17.7. The molecule has 3 rings (SSSR count). The van der Waals surface area contributed by atoms with Crippen LogP contribution in [0.4, 0.5) is 13.9 Å². The van der Waals surface area contributed by atoms with Gasteiger partial charge in [0.15, 0.2) is 5.13 Å². The molecule has 2 heterocycles. The molecule has 0 saturated carbocycles. The summed E-state index contributed by atoms with van der Waals surface area (Å²) in [5, 5.41) is 2.96. The number of carbonyl (C=O) groups is 1. The molecule has 0 aliphatic heterocycles. The van der Waals surface area contributed by atoms with Gasteiger partial charge in [0.05, 0.1) is 11.4 Å². The number of halogens is 2. The largest absolute Gasteiger partial charge is 0.435 e. The number of ether oxygens (including phenoxy) is 1. The van der Waals surface area contributed by atoms with Gasteiger partial charge < -0.3 is 9.72 Å². The number of benzene rings is 1. The number of hydrogen-bond donors (Lipinski definition) is 2. The minimum atomic E-state index is -2.90. The highest BCUT2D eigenvalue weighted by atomic mass is 32.1. The third-order valence-electron chi connectivity index (χ3n) is 4.41. The van der Waals surface area contributed by atoms with Gasteiger partial charge in [0.2, 0.25) is 0 Å². The first-order valence-electron chi connectivity index (χ1n) is 9.41. The average molecular weight is 448 g/mol. The molecule has 3 aromatic rings. The molecule has 1 aromatic carbocycles. The van der Waals surface area contributed by atoms with Crippen LogP contribution in [0.1, 0.15) is 47.5 Å². The highest BCUT2D eigenvalue weighted by molar-refractivity contribution is 7.16. The van der Waals surface area contributed by atoms with Crippen molar-refractivity contribution in [3.8, 4) is 17.0 Å². The predicted octanol–water partition coefficient (Wildman–Crippen LogP) is 4.66.